The highest BCUT2D eigenvalue weighted by molar-refractivity contribution is 6.03. The topological polar surface area (TPSA) is 120 Å². The van der Waals surface area contributed by atoms with Gasteiger partial charge >= 0.3 is 0 Å². The number of benzene rings is 1. The highest BCUT2D eigenvalue weighted by Crippen LogP contribution is 2.23. The Labute approximate surface area is 172 Å². The molecule has 0 saturated heterocycles. The van der Waals surface area contributed by atoms with E-state index in [2.05, 4.69) is 26.8 Å². The SMILES string of the molecule is Cc1cnc(C(C)(O)C#Cc2cccc(-c3nc(C(N)=O)c4ccn(C)c4n3)c2)o1. The summed E-state index contributed by atoms with van der Waals surface area (Å²) in [5, 5.41) is 11.2. The molecule has 0 fully saturated rings. The van der Waals surface area contributed by atoms with E-state index in [1.807, 2.05) is 13.1 Å². The lowest BCUT2D eigenvalue weighted by molar-refractivity contribution is 0.0882. The summed E-state index contributed by atoms with van der Waals surface area (Å²) in [6.07, 6.45) is 3.32. The van der Waals surface area contributed by atoms with Gasteiger partial charge in [0.15, 0.2) is 11.4 Å². The molecule has 3 aromatic heterocycles. The van der Waals surface area contributed by atoms with Gasteiger partial charge in [-0.2, -0.15) is 0 Å². The number of aromatic nitrogens is 4. The molecule has 1 amide bonds. The number of amides is 1. The zero-order valence-corrected chi connectivity index (χ0v) is 16.7. The molecule has 1 atom stereocenters. The fourth-order valence-corrected chi connectivity index (χ4v) is 3.02. The Balaban J connectivity index is 1.75. The summed E-state index contributed by atoms with van der Waals surface area (Å²) < 4.78 is 7.18. The second-order valence-electron chi connectivity index (χ2n) is 7.10. The minimum atomic E-state index is -1.54. The maximum Gasteiger partial charge on any atom is 0.268 e. The van der Waals surface area contributed by atoms with Crippen LogP contribution < -0.4 is 5.73 Å². The van der Waals surface area contributed by atoms with Gasteiger partial charge in [-0.25, -0.2) is 15.0 Å². The minimum absolute atomic E-state index is 0.132. The predicted molar refractivity (Wildman–Crippen MR) is 110 cm³/mol. The van der Waals surface area contributed by atoms with E-state index in [1.165, 1.54) is 13.1 Å². The molecule has 0 spiro atoms. The summed E-state index contributed by atoms with van der Waals surface area (Å²) in [5.74, 6) is 6.17. The molecule has 0 bridgehead atoms. The maximum absolute atomic E-state index is 11.9. The van der Waals surface area contributed by atoms with Crippen molar-refractivity contribution in [3.8, 4) is 23.2 Å². The summed E-state index contributed by atoms with van der Waals surface area (Å²) in [6, 6.07) is 8.94. The molecule has 0 aliphatic rings. The van der Waals surface area contributed by atoms with Gasteiger partial charge in [-0.05, 0) is 32.0 Å². The average Bonchev–Trinajstić information content (AvgIpc) is 3.32. The third kappa shape index (κ3) is 3.54. The minimum Gasteiger partial charge on any atom is -0.442 e. The van der Waals surface area contributed by atoms with Crippen LogP contribution in [-0.2, 0) is 12.6 Å². The zero-order chi connectivity index (χ0) is 21.5. The van der Waals surface area contributed by atoms with Gasteiger partial charge in [-0.15, -0.1) is 0 Å². The molecule has 3 heterocycles. The lowest BCUT2D eigenvalue weighted by Gasteiger charge is -2.10. The molecular formula is C22H19N5O3. The Bertz CT molecular complexity index is 1340. The lowest BCUT2D eigenvalue weighted by atomic mass is 10.1. The standard InChI is InChI=1S/C22H19N5O3/c1-13-12-24-21(30-13)22(2,29)9-7-14-5-4-6-15(11-14)19-25-17(18(23)28)16-8-10-27(3)20(16)26-19/h4-6,8,10-12,29H,1-3H3,(H2,23,28). The Hall–Kier alpha value is -3.96. The van der Waals surface area contributed by atoms with Crippen LogP contribution in [0.15, 0.2) is 47.1 Å². The second-order valence-corrected chi connectivity index (χ2v) is 7.10. The number of carbonyl (C=O) groups excluding carboxylic acids is 1. The first-order valence-electron chi connectivity index (χ1n) is 9.16. The summed E-state index contributed by atoms with van der Waals surface area (Å²) in [5.41, 5.74) is 6.04. The molecule has 8 heteroatoms. The quantitative estimate of drug-likeness (QED) is 0.508. The van der Waals surface area contributed by atoms with Crippen molar-refractivity contribution in [2.24, 2.45) is 12.8 Å². The van der Waals surface area contributed by atoms with Crippen LogP contribution in [0.3, 0.4) is 0 Å². The Morgan fingerprint density at radius 1 is 1.30 bits per heavy atom. The molecule has 4 aromatic rings. The van der Waals surface area contributed by atoms with Gasteiger partial charge in [0.1, 0.15) is 17.1 Å². The molecule has 4 rings (SSSR count). The number of hydrogen-bond donors (Lipinski definition) is 2. The number of aryl methyl sites for hydroxylation is 2. The molecule has 0 radical (unpaired) electrons. The maximum atomic E-state index is 11.9. The lowest BCUT2D eigenvalue weighted by Crippen LogP contribution is -2.18. The zero-order valence-electron chi connectivity index (χ0n) is 16.7. The molecule has 1 unspecified atom stereocenters. The Morgan fingerprint density at radius 2 is 2.10 bits per heavy atom. The third-order valence-electron chi connectivity index (χ3n) is 4.57. The van der Waals surface area contributed by atoms with Crippen LogP contribution in [0.2, 0.25) is 0 Å². The highest BCUT2D eigenvalue weighted by Gasteiger charge is 2.26. The van der Waals surface area contributed by atoms with Crippen LogP contribution in [0.4, 0.5) is 0 Å². The average molecular weight is 401 g/mol. The van der Waals surface area contributed by atoms with Crippen LogP contribution in [0.25, 0.3) is 22.4 Å². The van der Waals surface area contributed by atoms with Gasteiger partial charge in [0, 0.05) is 24.4 Å². The molecule has 1 aromatic carbocycles. The van der Waals surface area contributed by atoms with Gasteiger partial charge in [-0.3, -0.25) is 4.79 Å². The summed E-state index contributed by atoms with van der Waals surface area (Å²) in [4.78, 5) is 24.9. The molecule has 0 aliphatic heterocycles. The van der Waals surface area contributed by atoms with Crippen molar-refractivity contribution in [3.63, 3.8) is 0 Å². The van der Waals surface area contributed by atoms with Crippen LogP contribution in [0.1, 0.15) is 34.6 Å². The predicted octanol–water partition coefficient (Wildman–Crippen LogP) is 2.29. The fraction of sp³-hybridized carbons (Fsp3) is 0.182. The highest BCUT2D eigenvalue weighted by atomic mass is 16.4. The second kappa shape index (κ2) is 7.13. The molecular weight excluding hydrogens is 382 g/mol. The number of rotatable bonds is 3. The van der Waals surface area contributed by atoms with Crippen molar-refractivity contribution in [1.29, 1.82) is 0 Å². The molecule has 3 N–H and O–H groups in total. The summed E-state index contributed by atoms with van der Waals surface area (Å²) >= 11 is 0. The summed E-state index contributed by atoms with van der Waals surface area (Å²) in [6.45, 7) is 3.26. The van der Waals surface area contributed by atoms with Crippen LogP contribution in [0, 0.1) is 18.8 Å². The van der Waals surface area contributed by atoms with Gasteiger partial charge in [0.05, 0.1) is 11.6 Å². The number of oxazole rings is 1. The van der Waals surface area contributed by atoms with Crippen LogP contribution in [0.5, 0.6) is 0 Å². The van der Waals surface area contributed by atoms with E-state index in [1.54, 1.807) is 42.0 Å². The molecule has 0 saturated carbocycles. The fourth-order valence-electron chi connectivity index (χ4n) is 3.02. The number of nitrogens with zero attached hydrogens (tertiary/aromatic N) is 4. The number of fused-ring (bicyclic) bond motifs is 1. The molecule has 150 valence electrons. The smallest absolute Gasteiger partial charge is 0.268 e. The van der Waals surface area contributed by atoms with Gasteiger partial charge in [0.25, 0.3) is 5.91 Å². The van der Waals surface area contributed by atoms with Crippen molar-refractivity contribution in [2.75, 3.05) is 0 Å². The first-order chi connectivity index (χ1) is 14.2. The van der Waals surface area contributed by atoms with E-state index in [4.69, 9.17) is 10.2 Å². The van der Waals surface area contributed by atoms with Gasteiger partial charge in [-0.1, -0.05) is 24.0 Å². The van der Waals surface area contributed by atoms with E-state index in [0.717, 1.165) is 0 Å². The van der Waals surface area contributed by atoms with E-state index >= 15 is 0 Å². The molecule has 8 nitrogen and oxygen atoms in total. The van der Waals surface area contributed by atoms with Gasteiger partial charge < -0.3 is 19.8 Å². The van der Waals surface area contributed by atoms with E-state index in [-0.39, 0.29) is 11.6 Å². The van der Waals surface area contributed by atoms with E-state index < -0.39 is 11.5 Å². The first-order valence-corrected chi connectivity index (χ1v) is 9.16. The van der Waals surface area contributed by atoms with Crippen LogP contribution >= 0.6 is 0 Å². The molecule has 0 aliphatic carbocycles. The van der Waals surface area contributed by atoms with Crippen LogP contribution in [-0.4, -0.2) is 30.5 Å². The van der Waals surface area contributed by atoms with E-state index in [0.29, 0.717) is 33.7 Å². The number of hydrogen-bond acceptors (Lipinski definition) is 6. The largest absolute Gasteiger partial charge is 0.442 e. The number of primary amides is 1. The summed E-state index contributed by atoms with van der Waals surface area (Å²) in [7, 11) is 1.83. The third-order valence-corrected chi connectivity index (χ3v) is 4.57. The first kappa shape index (κ1) is 19.4. The van der Waals surface area contributed by atoms with Crippen molar-refractivity contribution in [3.05, 3.63) is 65.6 Å². The Kier molecular flexibility index (Phi) is 4.60. The van der Waals surface area contributed by atoms with Gasteiger partial charge in [0.2, 0.25) is 5.89 Å². The number of carbonyl (C=O) groups is 1. The Morgan fingerprint density at radius 3 is 2.80 bits per heavy atom. The van der Waals surface area contributed by atoms with Crippen molar-refractivity contribution >= 4 is 16.9 Å². The molecule has 30 heavy (non-hydrogen) atoms. The van der Waals surface area contributed by atoms with E-state index in [9.17, 15) is 9.90 Å². The van der Waals surface area contributed by atoms with Crippen molar-refractivity contribution in [1.82, 2.24) is 19.5 Å². The van der Waals surface area contributed by atoms with Crippen molar-refractivity contribution in [2.45, 2.75) is 19.4 Å². The van der Waals surface area contributed by atoms with Crippen molar-refractivity contribution < 1.29 is 14.3 Å². The monoisotopic (exact) mass is 401 g/mol. The number of aliphatic hydroxyl groups is 1. The number of nitrogens with two attached hydrogens (primary N) is 1. The normalized spacial score (nSPS) is 12.9.